The van der Waals surface area contributed by atoms with Gasteiger partial charge in [0.1, 0.15) is 9.77 Å². The summed E-state index contributed by atoms with van der Waals surface area (Å²) in [4.78, 5) is 11.4. The molecule has 2 aromatic carbocycles. The minimum atomic E-state index is -4.15. The summed E-state index contributed by atoms with van der Waals surface area (Å²) in [6, 6.07) is 12.3. The number of thiophene rings is 1. The molecule has 164 valence electrons. The Morgan fingerprint density at radius 1 is 0.871 bits per heavy atom. The van der Waals surface area contributed by atoms with Crippen LogP contribution < -0.4 is 9.44 Å². The lowest BCUT2D eigenvalue weighted by atomic mass is 10.2. The molecule has 0 saturated heterocycles. The summed E-state index contributed by atoms with van der Waals surface area (Å²) in [5, 5.41) is 1.46. The summed E-state index contributed by atoms with van der Waals surface area (Å²) < 4.78 is 60.9. The normalized spacial score (nSPS) is 11.7. The van der Waals surface area contributed by atoms with Crippen LogP contribution in [-0.4, -0.2) is 29.9 Å². The molecular weight excluding hydrogens is 460 g/mol. The predicted molar refractivity (Wildman–Crippen MR) is 120 cm³/mol. The Morgan fingerprint density at radius 3 is 2.16 bits per heavy atom. The number of esters is 1. The zero-order valence-electron chi connectivity index (χ0n) is 16.9. The summed E-state index contributed by atoms with van der Waals surface area (Å²) in [5.41, 5.74) is 1.76. The average Bonchev–Trinajstić information content (AvgIpc) is 3.19. The fourth-order valence-electron chi connectivity index (χ4n) is 2.83. The van der Waals surface area contributed by atoms with Crippen LogP contribution in [0.5, 0.6) is 0 Å². The zero-order valence-corrected chi connectivity index (χ0v) is 19.3. The molecule has 0 aliphatic rings. The van der Waals surface area contributed by atoms with Gasteiger partial charge in [-0.1, -0.05) is 18.2 Å². The molecule has 1 aromatic heterocycles. The molecule has 0 aliphatic heterocycles. The number of aryl methyl sites for hydroxylation is 2. The first kappa shape index (κ1) is 22.8. The molecule has 31 heavy (non-hydrogen) atoms. The summed E-state index contributed by atoms with van der Waals surface area (Å²) in [7, 11) is -6.97. The lowest BCUT2D eigenvalue weighted by Crippen LogP contribution is -2.17. The van der Waals surface area contributed by atoms with Crippen LogP contribution in [-0.2, 0) is 24.8 Å². The van der Waals surface area contributed by atoms with E-state index in [0.717, 1.165) is 24.0 Å². The monoisotopic (exact) mass is 480 g/mol. The summed E-state index contributed by atoms with van der Waals surface area (Å²) in [6.45, 7) is 3.45. The molecule has 11 heteroatoms. The van der Waals surface area contributed by atoms with Gasteiger partial charge in [0.25, 0.3) is 20.0 Å². The van der Waals surface area contributed by atoms with Crippen LogP contribution in [0.25, 0.3) is 0 Å². The Hall–Kier alpha value is -2.89. The third kappa shape index (κ3) is 5.06. The van der Waals surface area contributed by atoms with Crippen molar-refractivity contribution in [1.29, 1.82) is 0 Å². The number of nitrogens with one attached hydrogen (secondary N) is 2. The minimum Gasteiger partial charge on any atom is -0.465 e. The molecule has 0 saturated carbocycles. The van der Waals surface area contributed by atoms with E-state index in [1.165, 1.54) is 29.6 Å². The van der Waals surface area contributed by atoms with Crippen molar-refractivity contribution in [2.75, 3.05) is 16.6 Å². The number of methoxy groups -OCH3 is 1. The Balaban J connectivity index is 1.94. The van der Waals surface area contributed by atoms with E-state index in [-0.39, 0.29) is 20.4 Å². The molecule has 0 atom stereocenters. The largest absolute Gasteiger partial charge is 0.465 e. The van der Waals surface area contributed by atoms with Crippen LogP contribution in [0.3, 0.4) is 0 Å². The number of anilines is 2. The number of hydrogen-bond donors (Lipinski definition) is 2. The topological polar surface area (TPSA) is 119 Å². The molecule has 0 bridgehead atoms. The van der Waals surface area contributed by atoms with Crippen LogP contribution >= 0.6 is 11.3 Å². The molecule has 0 spiro atoms. The molecule has 2 N–H and O–H groups in total. The highest BCUT2D eigenvalue weighted by Gasteiger charge is 2.26. The van der Waals surface area contributed by atoms with Gasteiger partial charge in [0, 0.05) is 5.69 Å². The maximum absolute atomic E-state index is 12.9. The van der Waals surface area contributed by atoms with E-state index in [1.807, 2.05) is 13.0 Å². The van der Waals surface area contributed by atoms with Crippen molar-refractivity contribution in [3.63, 3.8) is 0 Å². The Kier molecular flexibility index (Phi) is 6.39. The van der Waals surface area contributed by atoms with E-state index in [9.17, 15) is 21.6 Å². The number of carbonyl (C=O) groups is 1. The van der Waals surface area contributed by atoms with Crippen LogP contribution in [0.2, 0.25) is 0 Å². The number of ether oxygens (including phenoxy) is 1. The molecule has 0 amide bonds. The molecule has 0 unspecified atom stereocenters. The number of rotatable bonds is 7. The highest BCUT2D eigenvalue weighted by Crippen LogP contribution is 2.28. The number of hydrogen-bond acceptors (Lipinski definition) is 7. The Labute approximate surface area is 185 Å². The molecule has 8 nitrogen and oxygen atoms in total. The molecule has 0 aliphatic carbocycles. The van der Waals surface area contributed by atoms with Gasteiger partial charge in [0.15, 0.2) is 0 Å². The van der Waals surface area contributed by atoms with Gasteiger partial charge in [0.05, 0.1) is 17.7 Å². The van der Waals surface area contributed by atoms with Crippen molar-refractivity contribution in [3.8, 4) is 0 Å². The lowest BCUT2D eigenvalue weighted by molar-refractivity contribution is 0.0602. The lowest BCUT2D eigenvalue weighted by Gasteiger charge is -2.14. The van der Waals surface area contributed by atoms with Gasteiger partial charge in [-0.2, -0.15) is 0 Å². The molecule has 1 heterocycles. The summed E-state index contributed by atoms with van der Waals surface area (Å²) in [5.74, 6) is -0.773. The van der Waals surface area contributed by atoms with E-state index in [4.69, 9.17) is 0 Å². The standard InChI is InChI=1S/C20H20N2O6S3/c1-13-5-4-6-15(11-13)21-31(26,27)18-12-16(8-7-14(18)2)22-30(24,25)17-9-10-29-19(17)20(23)28-3/h4-12,21-22H,1-3H3. The smallest absolute Gasteiger partial charge is 0.349 e. The predicted octanol–water partition coefficient (Wildman–Crippen LogP) is 3.75. The van der Waals surface area contributed by atoms with E-state index in [2.05, 4.69) is 14.2 Å². The quantitative estimate of drug-likeness (QED) is 0.497. The molecule has 3 rings (SSSR count). The fourth-order valence-corrected chi connectivity index (χ4v) is 6.54. The second kappa shape index (κ2) is 8.69. The first-order chi connectivity index (χ1) is 14.5. The molecule has 3 aromatic rings. The van der Waals surface area contributed by atoms with Crippen molar-refractivity contribution >= 4 is 48.7 Å². The third-order valence-corrected chi connectivity index (χ3v) is 8.26. The van der Waals surface area contributed by atoms with Crippen molar-refractivity contribution in [2.24, 2.45) is 0 Å². The van der Waals surface area contributed by atoms with Crippen molar-refractivity contribution < 1.29 is 26.4 Å². The van der Waals surface area contributed by atoms with Crippen LogP contribution in [0.1, 0.15) is 20.8 Å². The van der Waals surface area contributed by atoms with Crippen molar-refractivity contribution in [2.45, 2.75) is 23.6 Å². The SMILES string of the molecule is COC(=O)c1sccc1S(=O)(=O)Nc1ccc(C)c(S(=O)(=O)Nc2cccc(C)c2)c1. The number of carbonyl (C=O) groups excluding carboxylic acids is 1. The zero-order chi connectivity index (χ0) is 22.8. The van der Waals surface area contributed by atoms with Gasteiger partial charge < -0.3 is 4.74 Å². The first-order valence-electron chi connectivity index (χ1n) is 8.92. The van der Waals surface area contributed by atoms with Crippen molar-refractivity contribution in [1.82, 2.24) is 0 Å². The Morgan fingerprint density at radius 2 is 1.52 bits per heavy atom. The number of benzene rings is 2. The van der Waals surface area contributed by atoms with Crippen LogP contribution in [0, 0.1) is 13.8 Å². The van der Waals surface area contributed by atoms with E-state index >= 15 is 0 Å². The number of sulfonamides is 2. The minimum absolute atomic E-state index is 0.0391. The van der Waals surface area contributed by atoms with Gasteiger partial charge in [0.2, 0.25) is 0 Å². The maximum Gasteiger partial charge on any atom is 0.349 e. The fraction of sp³-hybridized carbons (Fsp3) is 0.150. The van der Waals surface area contributed by atoms with Gasteiger partial charge >= 0.3 is 5.97 Å². The highest BCUT2D eigenvalue weighted by molar-refractivity contribution is 7.93. The van der Waals surface area contributed by atoms with E-state index < -0.39 is 26.0 Å². The molecular formula is C20H20N2O6S3. The van der Waals surface area contributed by atoms with Gasteiger partial charge in [-0.15, -0.1) is 11.3 Å². The van der Waals surface area contributed by atoms with Gasteiger partial charge in [-0.3, -0.25) is 9.44 Å². The third-order valence-electron chi connectivity index (χ3n) is 4.29. The van der Waals surface area contributed by atoms with Crippen molar-refractivity contribution in [3.05, 3.63) is 69.9 Å². The van der Waals surface area contributed by atoms with Crippen LogP contribution in [0.15, 0.2) is 63.7 Å². The van der Waals surface area contributed by atoms with Gasteiger partial charge in [-0.05, 0) is 60.7 Å². The molecule has 0 radical (unpaired) electrons. The first-order valence-corrected chi connectivity index (χ1v) is 12.8. The summed E-state index contributed by atoms with van der Waals surface area (Å²) >= 11 is 0.932. The second-order valence-corrected chi connectivity index (χ2v) is 10.9. The average molecular weight is 481 g/mol. The maximum atomic E-state index is 12.9. The Bertz CT molecular complexity index is 1340. The van der Waals surface area contributed by atoms with Crippen LogP contribution in [0.4, 0.5) is 11.4 Å². The van der Waals surface area contributed by atoms with E-state index in [0.29, 0.717) is 11.3 Å². The second-order valence-electron chi connectivity index (χ2n) is 6.67. The molecule has 0 fully saturated rings. The highest BCUT2D eigenvalue weighted by atomic mass is 32.2. The van der Waals surface area contributed by atoms with Gasteiger partial charge in [-0.25, -0.2) is 21.6 Å². The summed E-state index contributed by atoms with van der Waals surface area (Å²) in [6.07, 6.45) is 0. The van der Waals surface area contributed by atoms with E-state index in [1.54, 1.807) is 25.1 Å².